The molecule has 100 valence electrons. The van der Waals surface area contributed by atoms with Crippen molar-refractivity contribution in [1.29, 1.82) is 0 Å². The minimum atomic E-state index is -0.0554. The van der Waals surface area contributed by atoms with Crippen LogP contribution in [0, 0.1) is 0 Å². The van der Waals surface area contributed by atoms with Crippen molar-refractivity contribution in [3.63, 3.8) is 0 Å². The molecule has 2 rings (SSSR count). The number of nitrogens with one attached hydrogen (secondary N) is 1. The van der Waals surface area contributed by atoms with Gasteiger partial charge in [0, 0.05) is 19.2 Å². The summed E-state index contributed by atoms with van der Waals surface area (Å²) < 4.78 is 5.21. The van der Waals surface area contributed by atoms with Gasteiger partial charge in [0.05, 0.1) is 13.2 Å². The summed E-state index contributed by atoms with van der Waals surface area (Å²) in [7, 11) is 1.72. The summed E-state index contributed by atoms with van der Waals surface area (Å²) in [5.41, 5.74) is 2.43. The highest BCUT2D eigenvalue weighted by Gasteiger charge is 2.32. The number of benzene rings is 1. The Labute approximate surface area is 109 Å². The molecule has 0 unspecified atom stereocenters. The van der Waals surface area contributed by atoms with Crippen LogP contribution in [-0.2, 0) is 17.9 Å². The highest BCUT2D eigenvalue weighted by Crippen LogP contribution is 2.29. The maximum absolute atomic E-state index is 9.58. The molecule has 0 radical (unpaired) electrons. The molecule has 0 amide bonds. The molecule has 18 heavy (non-hydrogen) atoms. The first kappa shape index (κ1) is 13.5. The highest BCUT2D eigenvalue weighted by atomic mass is 16.5. The Bertz CT molecular complexity index is 373. The predicted octanol–water partition coefficient (Wildman–Crippen LogP) is 2.23. The van der Waals surface area contributed by atoms with Crippen molar-refractivity contribution in [3.8, 4) is 0 Å². The number of methoxy groups -OCH3 is 1. The number of ether oxygens (including phenoxy) is 1. The Balaban J connectivity index is 2.00. The van der Waals surface area contributed by atoms with E-state index in [1.807, 2.05) is 6.07 Å². The van der Waals surface area contributed by atoms with Gasteiger partial charge in [-0.1, -0.05) is 37.1 Å². The van der Waals surface area contributed by atoms with Crippen LogP contribution in [0.4, 0.5) is 0 Å². The van der Waals surface area contributed by atoms with Crippen molar-refractivity contribution in [2.75, 3.05) is 13.7 Å². The second kappa shape index (κ2) is 6.32. The fraction of sp³-hybridized carbons (Fsp3) is 0.600. The van der Waals surface area contributed by atoms with Crippen LogP contribution in [0.15, 0.2) is 24.3 Å². The zero-order chi connectivity index (χ0) is 12.8. The fourth-order valence-corrected chi connectivity index (χ4v) is 2.75. The number of hydrogen-bond acceptors (Lipinski definition) is 3. The van der Waals surface area contributed by atoms with Crippen LogP contribution in [-0.4, -0.2) is 24.4 Å². The van der Waals surface area contributed by atoms with E-state index in [0.29, 0.717) is 6.61 Å². The van der Waals surface area contributed by atoms with Crippen LogP contribution in [0.1, 0.15) is 36.8 Å². The van der Waals surface area contributed by atoms with Gasteiger partial charge in [0.2, 0.25) is 0 Å². The molecule has 0 heterocycles. The van der Waals surface area contributed by atoms with Crippen LogP contribution < -0.4 is 5.32 Å². The third-order valence-corrected chi connectivity index (χ3v) is 3.94. The lowest BCUT2D eigenvalue weighted by molar-refractivity contribution is 0.161. The van der Waals surface area contributed by atoms with E-state index >= 15 is 0 Å². The van der Waals surface area contributed by atoms with Crippen molar-refractivity contribution in [2.45, 2.75) is 44.4 Å². The largest absolute Gasteiger partial charge is 0.394 e. The van der Waals surface area contributed by atoms with Crippen LogP contribution >= 0.6 is 0 Å². The van der Waals surface area contributed by atoms with Crippen molar-refractivity contribution < 1.29 is 9.84 Å². The van der Waals surface area contributed by atoms with Gasteiger partial charge in [-0.3, -0.25) is 0 Å². The molecule has 0 spiro atoms. The van der Waals surface area contributed by atoms with Gasteiger partial charge < -0.3 is 15.2 Å². The van der Waals surface area contributed by atoms with E-state index in [1.165, 1.54) is 24.0 Å². The molecule has 2 N–H and O–H groups in total. The van der Waals surface area contributed by atoms with Gasteiger partial charge in [-0.05, 0) is 24.0 Å². The topological polar surface area (TPSA) is 41.5 Å². The number of hydrogen-bond donors (Lipinski definition) is 2. The van der Waals surface area contributed by atoms with Gasteiger partial charge in [0.1, 0.15) is 0 Å². The molecule has 1 aromatic rings. The van der Waals surface area contributed by atoms with Crippen molar-refractivity contribution in [1.82, 2.24) is 5.32 Å². The lowest BCUT2D eigenvalue weighted by Crippen LogP contribution is -2.45. The first-order valence-electron chi connectivity index (χ1n) is 6.71. The first-order chi connectivity index (χ1) is 8.79. The quantitative estimate of drug-likeness (QED) is 0.812. The molecular formula is C15H23NO2. The molecule has 0 aromatic heterocycles. The molecule has 3 heteroatoms. The van der Waals surface area contributed by atoms with Crippen molar-refractivity contribution in [3.05, 3.63) is 35.4 Å². The lowest BCUT2D eigenvalue weighted by Gasteiger charge is -2.28. The van der Waals surface area contributed by atoms with Crippen LogP contribution in [0.5, 0.6) is 0 Å². The Morgan fingerprint density at radius 1 is 1.22 bits per heavy atom. The van der Waals surface area contributed by atoms with E-state index in [9.17, 15) is 5.11 Å². The molecule has 1 saturated carbocycles. The maximum Gasteiger partial charge on any atom is 0.0716 e. The van der Waals surface area contributed by atoms with E-state index < -0.39 is 0 Å². The normalized spacial score (nSPS) is 18.1. The Hall–Kier alpha value is -0.900. The summed E-state index contributed by atoms with van der Waals surface area (Å²) in [4.78, 5) is 0. The van der Waals surface area contributed by atoms with Crippen LogP contribution in [0.25, 0.3) is 0 Å². The van der Waals surface area contributed by atoms with Gasteiger partial charge in [0.25, 0.3) is 0 Å². The summed E-state index contributed by atoms with van der Waals surface area (Å²) in [5, 5.41) is 13.1. The Kier molecular flexibility index (Phi) is 4.75. The molecule has 3 nitrogen and oxygen atoms in total. The van der Waals surface area contributed by atoms with E-state index in [1.54, 1.807) is 7.11 Å². The number of rotatable bonds is 6. The van der Waals surface area contributed by atoms with Crippen LogP contribution in [0.3, 0.4) is 0 Å². The van der Waals surface area contributed by atoms with E-state index in [4.69, 9.17) is 4.74 Å². The van der Waals surface area contributed by atoms with E-state index in [2.05, 4.69) is 23.5 Å². The molecule has 1 fully saturated rings. The lowest BCUT2D eigenvalue weighted by atomic mass is 9.98. The molecule has 0 saturated heterocycles. The highest BCUT2D eigenvalue weighted by molar-refractivity contribution is 5.26. The van der Waals surface area contributed by atoms with Crippen LogP contribution in [0.2, 0.25) is 0 Å². The SMILES string of the molecule is COCc1ccccc1CNC1(CO)CCCC1. The third-order valence-electron chi connectivity index (χ3n) is 3.94. The predicted molar refractivity (Wildman–Crippen MR) is 72.3 cm³/mol. The summed E-state index contributed by atoms with van der Waals surface area (Å²) >= 11 is 0. The number of aliphatic hydroxyl groups excluding tert-OH is 1. The first-order valence-corrected chi connectivity index (χ1v) is 6.71. The summed E-state index contributed by atoms with van der Waals surface area (Å²) in [6, 6.07) is 8.31. The second-order valence-electron chi connectivity index (χ2n) is 5.20. The molecule has 1 aliphatic rings. The van der Waals surface area contributed by atoms with E-state index in [-0.39, 0.29) is 12.1 Å². The summed E-state index contributed by atoms with van der Waals surface area (Å²) in [6.45, 7) is 1.68. The van der Waals surface area contributed by atoms with Gasteiger partial charge >= 0.3 is 0 Å². The zero-order valence-electron chi connectivity index (χ0n) is 11.1. The second-order valence-corrected chi connectivity index (χ2v) is 5.20. The fourth-order valence-electron chi connectivity index (χ4n) is 2.75. The minimum absolute atomic E-state index is 0.0554. The average Bonchev–Trinajstić information content (AvgIpc) is 2.88. The summed E-state index contributed by atoms with van der Waals surface area (Å²) in [5.74, 6) is 0. The van der Waals surface area contributed by atoms with Gasteiger partial charge in [-0.15, -0.1) is 0 Å². The number of aliphatic hydroxyl groups is 1. The molecule has 1 aromatic carbocycles. The molecule has 0 bridgehead atoms. The Morgan fingerprint density at radius 2 is 1.89 bits per heavy atom. The van der Waals surface area contributed by atoms with Crippen molar-refractivity contribution in [2.24, 2.45) is 0 Å². The van der Waals surface area contributed by atoms with Gasteiger partial charge in [-0.25, -0.2) is 0 Å². The molecule has 0 aliphatic heterocycles. The minimum Gasteiger partial charge on any atom is -0.394 e. The van der Waals surface area contributed by atoms with Gasteiger partial charge in [0.15, 0.2) is 0 Å². The summed E-state index contributed by atoms with van der Waals surface area (Å²) in [6.07, 6.45) is 4.59. The molecule has 0 atom stereocenters. The maximum atomic E-state index is 9.58. The monoisotopic (exact) mass is 249 g/mol. The third kappa shape index (κ3) is 3.10. The van der Waals surface area contributed by atoms with E-state index in [0.717, 1.165) is 19.4 Å². The molecule has 1 aliphatic carbocycles. The smallest absolute Gasteiger partial charge is 0.0716 e. The standard InChI is InChI=1S/C15H23NO2/c1-18-11-14-7-3-2-6-13(14)10-16-15(12-17)8-4-5-9-15/h2-3,6-7,16-17H,4-5,8-12H2,1H3. The average molecular weight is 249 g/mol. The van der Waals surface area contributed by atoms with Crippen molar-refractivity contribution >= 4 is 0 Å². The molecular weight excluding hydrogens is 226 g/mol. The van der Waals surface area contributed by atoms with Gasteiger partial charge in [-0.2, -0.15) is 0 Å². The Morgan fingerprint density at radius 3 is 2.50 bits per heavy atom. The zero-order valence-corrected chi connectivity index (χ0v) is 11.1.